The number of hydrogen-bond donors (Lipinski definition) is 0. The molecule has 5 nitrogen and oxygen atoms in total. The molecule has 0 aliphatic carbocycles. The van der Waals surface area contributed by atoms with Crippen LogP contribution in [0, 0.1) is 11.8 Å². The number of ether oxygens (including phenoxy) is 3. The van der Waals surface area contributed by atoms with Crippen LogP contribution in [0.1, 0.15) is 46.6 Å². The summed E-state index contributed by atoms with van der Waals surface area (Å²) in [5, 5.41) is 2.36. The molecule has 0 aromatic heterocycles. The van der Waals surface area contributed by atoms with Crippen LogP contribution >= 0.6 is 0 Å². The fraction of sp³-hybridized carbons (Fsp3) is 0.400. The van der Waals surface area contributed by atoms with Crippen molar-refractivity contribution in [2.45, 2.75) is 64.9 Å². The summed E-state index contributed by atoms with van der Waals surface area (Å²) in [6.45, 7) is 11.9. The van der Waals surface area contributed by atoms with E-state index in [1.807, 2.05) is 42.5 Å². The summed E-state index contributed by atoms with van der Waals surface area (Å²) in [5.41, 5.74) is 1.03. The predicted molar refractivity (Wildman–Crippen MR) is 167 cm³/mol. The van der Waals surface area contributed by atoms with Crippen LogP contribution in [0.15, 0.2) is 97.1 Å². The van der Waals surface area contributed by atoms with E-state index in [-0.39, 0.29) is 41.5 Å². The molecule has 6 heteroatoms. The molecule has 41 heavy (non-hydrogen) atoms. The number of cyclic esters (lactones) is 1. The number of benzene rings is 3. The summed E-state index contributed by atoms with van der Waals surface area (Å²) in [6, 6.07) is 29.0. The van der Waals surface area contributed by atoms with Gasteiger partial charge in [-0.2, -0.15) is 0 Å². The van der Waals surface area contributed by atoms with Crippen molar-refractivity contribution in [2.75, 3.05) is 13.7 Å². The van der Waals surface area contributed by atoms with Gasteiger partial charge < -0.3 is 18.6 Å². The zero-order chi connectivity index (χ0) is 29.5. The van der Waals surface area contributed by atoms with Crippen LogP contribution < -0.4 is 15.1 Å². The summed E-state index contributed by atoms with van der Waals surface area (Å²) in [6.07, 6.45) is 3.72. The molecule has 0 saturated carbocycles. The van der Waals surface area contributed by atoms with Crippen molar-refractivity contribution in [3.63, 3.8) is 0 Å². The van der Waals surface area contributed by atoms with Gasteiger partial charge in [0.2, 0.25) is 0 Å². The highest BCUT2D eigenvalue weighted by atomic mass is 28.4. The largest absolute Gasteiger partial charge is 0.497 e. The highest BCUT2D eigenvalue weighted by Crippen LogP contribution is 2.37. The Bertz CT molecular complexity index is 1230. The lowest BCUT2D eigenvalue weighted by Crippen LogP contribution is -2.67. The van der Waals surface area contributed by atoms with Crippen molar-refractivity contribution >= 4 is 24.7 Å². The van der Waals surface area contributed by atoms with E-state index in [0.29, 0.717) is 13.2 Å². The molecule has 0 spiro atoms. The Kier molecular flexibility index (Phi) is 10.2. The summed E-state index contributed by atoms with van der Waals surface area (Å²) >= 11 is 0. The summed E-state index contributed by atoms with van der Waals surface area (Å²) in [4.78, 5) is 13.0. The van der Waals surface area contributed by atoms with Crippen LogP contribution in [-0.4, -0.2) is 40.2 Å². The molecule has 218 valence electrons. The van der Waals surface area contributed by atoms with Gasteiger partial charge in [-0.3, -0.25) is 4.79 Å². The molecule has 1 aliphatic rings. The number of esters is 1. The molecular weight excluding hydrogens is 528 g/mol. The van der Waals surface area contributed by atoms with Crippen molar-refractivity contribution in [1.29, 1.82) is 0 Å². The maximum atomic E-state index is 13.0. The Labute approximate surface area is 246 Å². The molecule has 3 aromatic carbocycles. The lowest BCUT2D eigenvalue weighted by Gasteiger charge is -2.44. The monoisotopic (exact) mass is 572 g/mol. The SMILES string of the molecule is COc1ccc(CO[C@@H]2CC(=O)O[C@@H]([C@H](C)CO[Si](c3ccccc3)(c3ccccc3)C(C)(C)C)C=C[C@@H]2C)cc1. The summed E-state index contributed by atoms with van der Waals surface area (Å²) < 4.78 is 24.5. The van der Waals surface area contributed by atoms with Crippen LogP contribution in [-0.2, 0) is 25.3 Å². The van der Waals surface area contributed by atoms with E-state index in [1.165, 1.54) is 10.4 Å². The van der Waals surface area contributed by atoms with Gasteiger partial charge >= 0.3 is 5.97 Å². The van der Waals surface area contributed by atoms with Crippen LogP contribution in [0.5, 0.6) is 5.75 Å². The van der Waals surface area contributed by atoms with Gasteiger partial charge in [0.1, 0.15) is 11.9 Å². The smallest absolute Gasteiger partial charge is 0.309 e. The zero-order valence-electron chi connectivity index (χ0n) is 25.2. The first-order valence-corrected chi connectivity index (χ1v) is 16.4. The average molecular weight is 573 g/mol. The summed E-state index contributed by atoms with van der Waals surface area (Å²) in [7, 11) is -1.03. The molecule has 4 rings (SSSR count). The second-order valence-corrected chi connectivity index (χ2v) is 16.4. The Hall–Kier alpha value is -3.19. The molecule has 4 atom stereocenters. The van der Waals surface area contributed by atoms with Crippen molar-refractivity contribution in [3.8, 4) is 5.75 Å². The number of rotatable bonds is 10. The van der Waals surface area contributed by atoms with Crippen LogP contribution in [0.25, 0.3) is 0 Å². The van der Waals surface area contributed by atoms with E-state index in [0.717, 1.165) is 11.3 Å². The third kappa shape index (κ3) is 7.37. The second kappa shape index (κ2) is 13.6. The Morgan fingerprint density at radius 3 is 2.02 bits per heavy atom. The minimum absolute atomic E-state index is 0.0270. The molecule has 3 aromatic rings. The topological polar surface area (TPSA) is 54.0 Å². The van der Waals surface area contributed by atoms with Crippen molar-refractivity contribution in [3.05, 3.63) is 103 Å². The molecule has 0 N–H and O–H groups in total. The lowest BCUT2D eigenvalue weighted by molar-refractivity contribution is -0.154. The maximum absolute atomic E-state index is 13.0. The molecule has 1 heterocycles. The van der Waals surface area contributed by atoms with Gasteiger partial charge in [0, 0.05) is 18.4 Å². The van der Waals surface area contributed by atoms with E-state index < -0.39 is 8.32 Å². The molecule has 1 aliphatic heterocycles. The van der Waals surface area contributed by atoms with Gasteiger partial charge in [0.05, 0.1) is 26.2 Å². The Balaban J connectivity index is 1.49. The average Bonchev–Trinajstić information content (AvgIpc) is 2.97. The van der Waals surface area contributed by atoms with Gasteiger partial charge in [-0.25, -0.2) is 0 Å². The van der Waals surface area contributed by atoms with Crippen LogP contribution in [0.3, 0.4) is 0 Å². The van der Waals surface area contributed by atoms with Gasteiger partial charge in [-0.1, -0.05) is 113 Å². The predicted octanol–water partition coefficient (Wildman–Crippen LogP) is 6.30. The third-order valence-corrected chi connectivity index (χ3v) is 13.0. The normalized spacial score (nSPS) is 20.5. The number of carbonyl (C=O) groups excluding carboxylic acids is 1. The van der Waals surface area contributed by atoms with Crippen molar-refractivity contribution in [2.24, 2.45) is 11.8 Å². The van der Waals surface area contributed by atoms with Crippen molar-refractivity contribution < 1.29 is 23.4 Å². The quantitative estimate of drug-likeness (QED) is 0.162. The first-order chi connectivity index (χ1) is 19.6. The molecular formula is C35H44O5Si. The van der Waals surface area contributed by atoms with E-state index in [2.05, 4.69) is 89.2 Å². The zero-order valence-corrected chi connectivity index (χ0v) is 26.2. The first-order valence-electron chi connectivity index (χ1n) is 14.5. The Morgan fingerprint density at radius 1 is 0.902 bits per heavy atom. The van der Waals surface area contributed by atoms with E-state index in [4.69, 9.17) is 18.6 Å². The van der Waals surface area contributed by atoms with Gasteiger partial charge in [0.25, 0.3) is 8.32 Å². The van der Waals surface area contributed by atoms with E-state index >= 15 is 0 Å². The minimum Gasteiger partial charge on any atom is -0.497 e. The number of hydrogen-bond acceptors (Lipinski definition) is 5. The minimum atomic E-state index is -2.68. The number of methoxy groups -OCH3 is 1. The standard InChI is InChI=1S/C35H44O5Si/c1-26-17-22-32(40-34(36)23-33(26)38-25-28-18-20-29(37-6)21-19-28)27(2)24-39-41(35(3,4)5,30-13-9-7-10-14-30)31-15-11-8-12-16-31/h7-22,26-27,32-33H,23-25H2,1-6H3/t26-,27+,32+,33+/m0/s1. The third-order valence-electron chi connectivity index (χ3n) is 7.99. The molecule has 0 unspecified atom stereocenters. The highest BCUT2D eigenvalue weighted by Gasteiger charge is 2.50. The second-order valence-electron chi connectivity index (χ2n) is 12.1. The summed E-state index contributed by atoms with van der Waals surface area (Å²) in [5.74, 6) is 0.594. The van der Waals surface area contributed by atoms with Gasteiger partial charge in [0.15, 0.2) is 0 Å². The number of carbonyl (C=O) groups is 1. The first kappa shape index (κ1) is 30.8. The molecule has 0 radical (unpaired) electrons. The maximum Gasteiger partial charge on any atom is 0.309 e. The molecule has 0 saturated heterocycles. The van der Waals surface area contributed by atoms with Crippen LogP contribution in [0.2, 0.25) is 5.04 Å². The van der Waals surface area contributed by atoms with E-state index in [1.54, 1.807) is 7.11 Å². The van der Waals surface area contributed by atoms with Gasteiger partial charge in [-0.15, -0.1) is 0 Å². The van der Waals surface area contributed by atoms with Gasteiger partial charge in [-0.05, 0) is 39.2 Å². The molecule has 0 bridgehead atoms. The fourth-order valence-electron chi connectivity index (χ4n) is 5.55. The van der Waals surface area contributed by atoms with Crippen LogP contribution in [0.4, 0.5) is 0 Å². The van der Waals surface area contributed by atoms with Crippen molar-refractivity contribution in [1.82, 2.24) is 0 Å². The molecule has 0 fully saturated rings. The van der Waals surface area contributed by atoms with E-state index in [9.17, 15) is 4.79 Å². The highest BCUT2D eigenvalue weighted by molar-refractivity contribution is 6.99. The fourth-order valence-corrected chi connectivity index (χ4v) is 10.2. The Morgan fingerprint density at radius 2 is 1.49 bits per heavy atom. The molecule has 0 amide bonds. The lowest BCUT2D eigenvalue weighted by atomic mass is 9.96.